The number of benzene rings is 1. The van der Waals surface area contributed by atoms with E-state index in [1.807, 2.05) is 6.07 Å². The van der Waals surface area contributed by atoms with E-state index in [2.05, 4.69) is 50.1 Å². The number of nitrogens with two attached hydrogens (primary N) is 1. The average molecular weight is 350 g/mol. The minimum Gasteiger partial charge on any atom is -0.370 e. The lowest BCUT2D eigenvalue weighted by atomic mass is 9.94. The molecule has 1 aromatic heterocycles. The molecular weight excluding hydrogens is 324 g/mol. The lowest BCUT2D eigenvalue weighted by Gasteiger charge is -2.35. The number of piperazine rings is 1. The van der Waals surface area contributed by atoms with Crippen molar-refractivity contribution < 1.29 is 0 Å². The van der Waals surface area contributed by atoms with E-state index in [0.29, 0.717) is 11.9 Å². The quantitative estimate of drug-likeness (QED) is 0.661. The van der Waals surface area contributed by atoms with Crippen LogP contribution in [0.4, 0.5) is 5.95 Å². The Hall–Kier alpha value is -2.63. The summed E-state index contributed by atoms with van der Waals surface area (Å²) in [4.78, 5) is 17.8. The van der Waals surface area contributed by atoms with Crippen LogP contribution >= 0.6 is 0 Å². The van der Waals surface area contributed by atoms with Crippen LogP contribution in [0.1, 0.15) is 24.3 Å². The molecule has 1 unspecified atom stereocenters. The summed E-state index contributed by atoms with van der Waals surface area (Å²) in [6.07, 6.45) is 6.19. The highest BCUT2D eigenvalue weighted by molar-refractivity contribution is 5.78. The zero-order valence-corrected chi connectivity index (χ0v) is 15.0. The Morgan fingerprint density at radius 1 is 1.04 bits per heavy atom. The summed E-state index contributed by atoms with van der Waals surface area (Å²) in [5.41, 5.74) is 7.69. The topological polar surface area (TPSA) is 70.6 Å². The Bertz CT molecular complexity index is 720. The summed E-state index contributed by atoms with van der Waals surface area (Å²) in [5, 5.41) is 0. The Balaban J connectivity index is 1.35. The molecule has 0 spiro atoms. The van der Waals surface area contributed by atoms with Crippen LogP contribution < -0.4 is 10.6 Å². The van der Waals surface area contributed by atoms with Crippen molar-refractivity contribution >= 4 is 11.9 Å². The Morgan fingerprint density at radius 3 is 2.38 bits per heavy atom. The van der Waals surface area contributed by atoms with Gasteiger partial charge in [0.2, 0.25) is 5.95 Å². The molecule has 2 heterocycles. The van der Waals surface area contributed by atoms with Gasteiger partial charge in [0.05, 0.1) is 0 Å². The number of nitrogens with zero attached hydrogens (tertiary/aromatic N) is 5. The van der Waals surface area contributed by atoms with Crippen LogP contribution in [-0.4, -0.2) is 53.6 Å². The summed E-state index contributed by atoms with van der Waals surface area (Å²) in [6, 6.07) is 12.6. The SMILES string of the molecule is NC(=NCC(c1ccccc1)C1CC1)N1CCN(c2ncccn2)CC1. The second-order valence-electron chi connectivity index (χ2n) is 7.08. The van der Waals surface area contributed by atoms with Gasteiger partial charge in [0.1, 0.15) is 0 Å². The fraction of sp³-hybridized carbons (Fsp3) is 0.450. The van der Waals surface area contributed by atoms with Crippen molar-refractivity contribution in [1.82, 2.24) is 14.9 Å². The molecule has 6 nitrogen and oxygen atoms in total. The standard InChI is InChI=1S/C20H26N6/c21-19(24-15-18(17-7-8-17)16-5-2-1-3-6-16)25-11-13-26(14-12-25)20-22-9-4-10-23-20/h1-6,9-10,17-18H,7-8,11-15H2,(H2,21,24). The molecule has 2 N–H and O–H groups in total. The molecule has 26 heavy (non-hydrogen) atoms. The maximum Gasteiger partial charge on any atom is 0.225 e. The number of guanidine groups is 1. The van der Waals surface area contributed by atoms with E-state index in [-0.39, 0.29) is 0 Å². The fourth-order valence-electron chi connectivity index (χ4n) is 3.61. The van der Waals surface area contributed by atoms with Gasteiger partial charge in [-0.2, -0.15) is 0 Å². The third-order valence-corrected chi connectivity index (χ3v) is 5.31. The number of hydrogen-bond donors (Lipinski definition) is 1. The average Bonchev–Trinajstić information content (AvgIpc) is 3.55. The Morgan fingerprint density at radius 2 is 1.73 bits per heavy atom. The summed E-state index contributed by atoms with van der Waals surface area (Å²) in [6.45, 7) is 4.22. The van der Waals surface area contributed by atoms with Crippen molar-refractivity contribution in [3.05, 3.63) is 54.4 Å². The highest BCUT2D eigenvalue weighted by atomic mass is 15.3. The van der Waals surface area contributed by atoms with Crippen molar-refractivity contribution in [1.29, 1.82) is 0 Å². The van der Waals surface area contributed by atoms with Gasteiger partial charge in [-0.1, -0.05) is 30.3 Å². The molecule has 6 heteroatoms. The van der Waals surface area contributed by atoms with Crippen LogP contribution in [0, 0.1) is 5.92 Å². The first-order chi connectivity index (χ1) is 12.8. The van der Waals surface area contributed by atoms with Crippen LogP contribution in [-0.2, 0) is 0 Å². The van der Waals surface area contributed by atoms with Crippen molar-refractivity contribution in [2.24, 2.45) is 16.6 Å². The maximum atomic E-state index is 6.31. The van der Waals surface area contributed by atoms with Crippen molar-refractivity contribution in [2.75, 3.05) is 37.6 Å². The zero-order chi connectivity index (χ0) is 17.8. The van der Waals surface area contributed by atoms with E-state index in [0.717, 1.165) is 44.6 Å². The smallest absolute Gasteiger partial charge is 0.225 e. The minimum absolute atomic E-state index is 0.494. The van der Waals surface area contributed by atoms with E-state index in [4.69, 9.17) is 10.7 Å². The van der Waals surface area contributed by atoms with Crippen LogP contribution in [0.25, 0.3) is 0 Å². The van der Waals surface area contributed by atoms with Crippen LogP contribution in [0.2, 0.25) is 0 Å². The summed E-state index contributed by atoms with van der Waals surface area (Å²) in [7, 11) is 0. The van der Waals surface area contributed by atoms with Crippen molar-refractivity contribution in [3.63, 3.8) is 0 Å². The predicted molar refractivity (Wildman–Crippen MR) is 104 cm³/mol. The van der Waals surface area contributed by atoms with Gasteiger partial charge in [0, 0.05) is 51.0 Å². The number of aliphatic imine (C=N–C) groups is 1. The monoisotopic (exact) mass is 350 g/mol. The van der Waals surface area contributed by atoms with E-state index in [1.54, 1.807) is 12.4 Å². The molecule has 2 aromatic rings. The molecule has 2 fully saturated rings. The van der Waals surface area contributed by atoms with E-state index in [9.17, 15) is 0 Å². The van der Waals surface area contributed by atoms with Crippen LogP contribution in [0.15, 0.2) is 53.8 Å². The molecule has 0 radical (unpaired) electrons. The molecule has 0 bridgehead atoms. The van der Waals surface area contributed by atoms with E-state index in [1.165, 1.54) is 18.4 Å². The van der Waals surface area contributed by atoms with E-state index >= 15 is 0 Å². The molecule has 0 amide bonds. The minimum atomic E-state index is 0.494. The van der Waals surface area contributed by atoms with Gasteiger partial charge in [-0.05, 0) is 30.4 Å². The van der Waals surface area contributed by atoms with Crippen molar-refractivity contribution in [2.45, 2.75) is 18.8 Å². The molecule has 4 rings (SSSR count). The molecule has 2 aliphatic rings. The summed E-state index contributed by atoms with van der Waals surface area (Å²) < 4.78 is 0. The fourth-order valence-corrected chi connectivity index (χ4v) is 3.61. The summed E-state index contributed by atoms with van der Waals surface area (Å²) in [5.74, 6) is 2.72. The zero-order valence-electron chi connectivity index (χ0n) is 15.0. The van der Waals surface area contributed by atoms with E-state index < -0.39 is 0 Å². The molecule has 1 aromatic carbocycles. The van der Waals surface area contributed by atoms with Gasteiger partial charge < -0.3 is 15.5 Å². The van der Waals surface area contributed by atoms with Crippen LogP contribution in [0.5, 0.6) is 0 Å². The van der Waals surface area contributed by atoms with Crippen molar-refractivity contribution in [3.8, 4) is 0 Å². The molecule has 1 aliphatic carbocycles. The number of rotatable bonds is 5. The number of anilines is 1. The normalized spacial score (nSPS) is 19.5. The molecule has 1 saturated heterocycles. The van der Waals surface area contributed by atoms with Gasteiger partial charge in [-0.15, -0.1) is 0 Å². The predicted octanol–water partition coefficient (Wildman–Crippen LogP) is 2.11. The molecule has 1 atom stereocenters. The highest BCUT2D eigenvalue weighted by Gasteiger charge is 2.32. The third kappa shape index (κ3) is 3.95. The van der Waals surface area contributed by atoms with Gasteiger partial charge >= 0.3 is 0 Å². The second kappa shape index (κ2) is 7.72. The Kier molecular flexibility index (Phi) is 5.00. The molecular formula is C20H26N6. The number of aromatic nitrogens is 2. The first-order valence-electron chi connectivity index (χ1n) is 9.43. The lowest BCUT2D eigenvalue weighted by Crippen LogP contribution is -2.51. The van der Waals surface area contributed by atoms with Crippen LogP contribution in [0.3, 0.4) is 0 Å². The summed E-state index contributed by atoms with van der Waals surface area (Å²) >= 11 is 0. The largest absolute Gasteiger partial charge is 0.370 e. The first-order valence-corrected chi connectivity index (χ1v) is 9.43. The van der Waals surface area contributed by atoms with Gasteiger partial charge in [-0.3, -0.25) is 4.99 Å². The maximum absolute atomic E-state index is 6.31. The molecule has 136 valence electrons. The molecule has 1 aliphatic heterocycles. The highest BCUT2D eigenvalue weighted by Crippen LogP contribution is 2.42. The molecule has 1 saturated carbocycles. The number of hydrogen-bond acceptors (Lipinski definition) is 4. The van der Waals surface area contributed by atoms with Gasteiger partial charge in [0.25, 0.3) is 0 Å². The lowest BCUT2D eigenvalue weighted by molar-refractivity contribution is 0.377. The second-order valence-corrected chi connectivity index (χ2v) is 7.08. The van der Waals surface area contributed by atoms with Gasteiger partial charge in [-0.25, -0.2) is 9.97 Å². The van der Waals surface area contributed by atoms with Gasteiger partial charge in [0.15, 0.2) is 5.96 Å². The third-order valence-electron chi connectivity index (χ3n) is 5.31. The first kappa shape index (κ1) is 16.8. The Labute approximate surface area is 154 Å².